The number of nitrogens with zero attached hydrogens (tertiary/aromatic N) is 1. The number of hydrogen-bond acceptors (Lipinski definition) is 3. The molecule has 0 aliphatic carbocycles. The van der Waals surface area contributed by atoms with Crippen molar-refractivity contribution >= 4 is 5.97 Å². The van der Waals surface area contributed by atoms with Crippen molar-refractivity contribution in [2.24, 2.45) is 0 Å². The van der Waals surface area contributed by atoms with E-state index < -0.39 is 0 Å². The minimum Gasteiger partial charge on any atom is -0.438 e. The van der Waals surface area contributed by atoms with Crippen molar-refractivity contribution in [1.29, 1.82) is 0 Å². The van der Waals surface area contributed by atoms with Crippen molar-refractivity contribution in [3.05, 3.63) is 35.4 Å². The molecule has 1 atom stereocenters. The number of hydrogen-bond donors (Lipinski definition) is 0. The maximum Gasteiger partial charge on any atom is 0.340 e. The highest BCUT2D eigenvalue weighted by molar-refractivity contribution is 5.93. The van der Waals surface area contributed by atoms with E-state index in [2.05, 4.69) is 24.8 Å². The molecule has 0 saturated carbocycles. The fraction of sp³-hybridized carbons (Fsp3) is 0.708. The van der Waals surface area contributed by atoms with E-state index in [0.717, 1.165) is 24.2 Å². The highest BCUT2D eigenvalue weighted by Gasteiger charge is 2.34. The zero-order valence-corrected chi connectivity index (χ0v) is 17.5. The largest absolute Gasteiger partial charge is 0.438 e. The van der Waals surface area contributed by atoms with E-state index in [1.165, 1.54) is 77.0 Å². The molecule has 0 bridgehead atoms. The van der Waals surface area contributed by atoms with Crippen LogP contribution in [0.25, 0.3) is 0 Å². The highest BCUT2D eigenvalue weighted by Crippen LogP contribution is 2.33. The first-order valence-corrected chi connectivity index (χ1v) is 11.3. The molecule has 0 spiro atoms. The number of ether oxygens (including phenoxy) is 1. The summed E-state index contributed by atoms with van der Waals surface area (Å²) in [6.45, 7) is 6.56. The van der Waals surface area contributed by atoms with Gasteiger partial charge in [-0.1, -0.05) is 96.3 Å². The molecule has 1 heterocycles. The van der Waals surface area contributed by atoms with Gasteiger partial charge in [-0.25, -0.2) is 4.79 Å². The highest BCUT2D eigenvalue weighted by atomic mass is 16.6. The summed E-state index contributed by atoms with van der Waals surface area (Å²) in [6.07, 6.45) is 15.3. The normalized spacial score (nSPS) is 16.0. The molecule has 1 aliphatic rings. The van der Waals surface area contributed by atoms with Gasteiger partial charge in [-0.15, -0.1) is 0 Å². The fourth-order valence-electron chi connectivity index (χ4n) is 3.93. The van der Waals surface area contributed by atoms with Crippen molar-refractivity contribution in [3.8, 4) is 0 Å². The van der Waals surface area contributed by atoms with Gasteiger partial charge in [-0.05, 0) is 18.9 Å². The number of rotatable bonds is 15. The third-order valence-electron chi connectivity index (χ3n) is 5.59. The lowest BCUT2D eigenvalue weighted by Crippen LogP contribution is -2.31. The predicted octanol–water partition coefficient (Wildman–Crippen LogP) is 6.88. The summed E-state index contributed by atoms with van der Waals surface area (Å²) >= 11 is 0. The Kier molecular flexibility index (Phi) is 10.5. The van der Waals surface area contributed by atoms with E-state index >= 15 is 0 Å². The molecule has 0 fully saturated rings. The molecule has 152 valence electrons. The van der Waals surface area contributed by atoms with Crippen LogP contribution in [0.15, 0.2) is 24.3 Å². The van der Waals surface area contributed by atoms with E-state index in [9.17, 15) is 4.79 Å². The van der Waals surface area contributed by atoms with Gasteiger partial charge in [0, 0.05) is 18.7 Å². The van der Waals surface area contributed by atoms with Gasteiger partial charge >= 0.3 is 5.97 Å². The Morgan fingerprint density at radius 3 is 1.89 bits per heavy atom. The summed E-state index contributed by atoms with van der Waals surface area (Å²) in [5.41, 5.74) is 1.80. The number of carbonyl (C=O) groups is 1. The monoisotopic (exact) mass is 373 g/mol. The molecule has 1 aliphatic heterocycles. The lowest BCUT2D eigenvalue weighted by atomic mass is 10.1. The standard InChI is InChI=1S/C24H39NO2/c1-3-5-7-9-11-15-19-25(20-16-12-10-8-6-4-2)23-21-17-13-14-18-22(21)24(26)27-23/h13-14,17-18,23H,3-12,15-16,19-20H2,1-2H3. The van der Waals surface area contributed by atoms with E-state index in [0.29, 0.717) is 0 Å². The van der Waals surface area contributed by atoms with Gasteiger partial charge < -0.3 is 4.74 Å². The summed E-state index contributed by atoms with van der Waals surface area (Å²) in [5, 5.41) is 0. The Balaban J connectivity index is 1.86. The van der Waals surface area contributed by atoms with Crippen LogP contribution in [0.5, 0.6) is 0 Å². The maximum atomic E-state index is 12.2. The second kappa shape index (κ2) is 12.9. The van der Waals surface area contributed by atoms with Crippen molar-refractivity contribution in [2.75, 3.05) is 13.1 Å². The molecule has 1 aromatic rings. The minimum absolute atomic E-state index is 0.161. The Morgan fingerprint density at radius 1 is 0.778 bits per heavy atom. The van der Waals surface area contributed by atoms with Crippen LogP contribution in [0.3, 0.4) is 0 Å². The molecule has 1 aromatic carbocycles. The zero-order valence-electron chi connectivity index (χ0n) is 17.5. The number of carbonyl (C=O) groups excluding carboxylic acids is 1. The first-order chi connectivity index (χ1) is 13.3. The lowest BCUT2D eigenvalue weighted by molar-refractivity contribution is -0.0245. The fourth-order valence-corrected chi connectivity index (χ4v) is 3.93. The van der Waals surface area contributed by atoms with Gasteiger partial charge in [-0.3, -0.25) is 4.90 Å². The molecule has 27 heavy (non-hydrogen) atoms. The summed E-state index contributed by atoms with van der Waals surface area (Å²) < 4.78 is 5.77. The van der Waals surface area contributed by atoms with Crippen LogP contribution >= 0.6 is 0 Å². The molecule has 0 amide bonds. The molecular formula is C24H39NO2. The quantitative estimate of drug-likeness (QED) is 0.248. The molecule has 3 nitrogen and oxygen atoms in total. The van der Waals surface area contributed by atoms with Crippen molar-refractivity contribution in [1.82, 2.24) is 4.90 Å². The van der Waals surface area contributed by atoms with E-state index in [1.54, 1.807) is 0 Å². The second-order valence-corrected chi connectivity index (χ2v) is 7.92. The van der Waals surface area contributed by atoms with Crippen molar-refractivity contribution in [2.45, 2.75) is 97.1 Å². The zero-order chi connectivity index (χ0) is 19.3. The lowest BCUT2D eigenvalue weighted by Gasteiger charge is -2.28. The average Bonchev–Trinajstić information content (AvgIpc) is 3.02. The van der Waals surface area contributed by atoms with Gasteiger partial charge in [0.05, 0.1) is 5.56 Å². The van der Waals surface area contributed by atoms with Crippen LogP contribution in [-0.4, -0.2) is 24.0 Å². The summed E-state index contributed by atoms with van der Waals surface area (Å²) in [4.78, 5) is 14.6. The van der Waals surface area contributed by atoms with Crippen LogP contribution in [0.4, 0.5) is 0 Å². The molecule has 0 radical (unpaired) electrons. The number of esters is 1. The Morgan fingerprint density at radius 2 is 1.30 bits per heavy atom. The van der Waals surface area contributed by atoms with Crippen LogP contribution in [0, 0.1) is 0 Å². The van der Waals surface area contributed by atoms with Gasteiger partial charge in [0.25, 0.3) is 0 Å². The Hall–Kier alpha value is -1.35. The first kappa shape index (κ1) is 21.9. The SMILES string of the molecule is CCCCCCCCN(CCCCCCCC)C1OC(=O)c2ccccc21. The van der Waals surface area contributed by atoms with Crippen LogP contribution in [-0.2, 0) is 4.74 Å². The van der Waals surface area contributed by atoms with Crippen LogP contribution in [0.1, 0.15) is 113 Å². The minimum atomic E-state index is -0.181. The van der Waals surface area contributed by atoms with Crippen molar-refractivity contribution < 1.29 is 9.53 Å². The summed E-state index contributed by atoms with van der Waals surface area (Å²) in [5.74, 6) is -0.161. The van der Waals surface area contributed by atoms with Gasteiger partial charge in [0.1, 0.15) is 0 Å². The van der Waals surface area contributed by atoms with Crippen LogP contribution < -0.4 is 0 Å². The number of benzene rings is 1. The Labute approximate surface area is 166 Å². The maximum absolute atomic E-state index is 12.2. The van der Waals surface area contributed by atoms with Gasteiger partial charge in [-0.2, -0.15) is 0 Å². The third-order valence-corrected chi connectivity index (χ3v) is 5.59. The van der Waals surface area contributed by atoms with Crippen LogP contribution in [0.2, 0.25) is 0 Å². The third kappa shape index (κ3) is 7.29. The Bertz CT molecular complexity index is 527. The van der Waals surface area contributed by atoms with Gasteiger partial charge in [0.2, 0.25) is 0 Å². The van der Waals surface area contributed by atoms with Gasteiger partial charge in [0.15, 0.2) is 6.23 Å². The first-order valence-electron chi connectivity index (χ1n) is 11.3. The topological polar surface area (TPSA) is 29.5 Å². The molecule has 3 heteroatoms. The molecule has 0 aromatic heterocycles. The number of fused-ring (bicyclic) bond motifs is 1. The molecular weight excluding hydrogens is 334 g/mol. The molecule has 0 N–H and O–H groups in total. The van der Waals surface area contributed by atoms with Crippen molar-refractivity contribution in [3.63, 3.8) is 0 Å². The smallest absolute Gasteiger partial charge is 0.340 e. The predicted molar refractivity (Wildman–Crippen MR) is 113 cm³/mol. The second-order valence-electron chi connectivity index (χ2n) is 7.92. The summed E-state index contributed by atoms with van der Waals surface area (Å²) in [6, 6.07) is 7.89. The average molecular weight is 374 g/mol. The summed E-state index contributed by atoms with van der Waals surface area (Å²) in [7, 11) is 0. The molecule has 1 unspecified atom stereocenters. The molecule has 2 rings (SSSR count). The molecule has 0 saturated heterocycles. The van der Waals surface area contributed by atoms with E-state index in [-0.39, 0.29) is 12.2 Å². The van der Waals surface area contributed by atoms with E-state index in [4.69, 9.17) is 4.74 Å². The van der Waals surface area contributed by atoms with E-state index in [1.807, 2.05) is 18.2 Å². The number of unbranched alkanes of at least 4 members (excludes halogenated alkanes) is 10. The number of cyclic esters (lactones) is 1.